The predicted octanol–water partition coefficient (Wildman–Crippen LogP) is -1.84. The Hall–Kier alpha value is -0.540. The molecule has 0 atom stereocenters. The zero-order valence-corrected chi connectivity index (χ0v) is 9.68. The van der Waals surface area contributed by atoms with E-state index >= 15 is 0 Å². The number of ether oxygens (including phenoxy) is 1. The third-order valence-corrected chi connectivity index (χ3v) is 1.61. The maximum absolute atomic E-state index is 9.94. The zero-order chi connectivity index (χ0) is 9.78. The third kappa shape index (κ3) is 7.81. The number of quaternary nitrogens is 1. The van der Waals surface area contributed by atoms with Crippen LogP contribution in [-0.4, -0.2) is 38.1 Å². The highest BCUT2D eigenvalue weighted by Gasteiger charge is 2.12. The summed E-state index contributed by atoms with van der Waals surface area (Å²) in [5.74, 6) is -0.199. The first-order valence-electron chi connectivity index (χ1n) is 4.05. The predicted molar refractivity (Wildman–Crippen MR) is 48.4 cm³/mol. The van der Waals surface area contributed by atoms with E-state index < -0.39 is 0 Å². The zero-order valence-electron chi connectivity index (χ0n) is 8.93. The van der Waals surface area contributed by atoms with Gasteiger partial charge in [-0.15, -0.1) is 0 Å². The largest absolute Gasteiger partial charge is 1.00 e. The van der Waals surface area contributed by atoms with Crippen LogP contribution in [0.2, 0.25) is 0 Å². The second-order valence-corrected chi connectivity index (χ2v) is 3.81. The van der Waals surface area contributed by atoms with Crippen molar-refractivity contribution in [2.45, 2.75) is 13.8 Å². The molecule has 0 saturated carbocycles. The van der Waals surface area contributed by atoms with Crippen molar-refractivity contribution < 1.29 is 26.4 Å². The molecule has 0 aliphatic carbocycles. The van der Waals surface area contributed by atoms with E-state index in [9.17, 15) is 4.79 Å². The second-order valence-electron chi connectivity index (χ2n) is 3.81. The SMILES string of the molecule is CC1=COC1=O.CC[N+](C)(C)C.[Cl-]. The number of hydrogen-bond acceptors (Lipinski definition) is 2. The van der Waals surface area contributed by atoms with Crippen molar-refractivity contribution in [3.05, 3.63) is 11.8 Å². The van der Waals surface area contributed by atoms with Gasteiger partial charge in [0, 0.05) is 0 Å². The topological polar surface area (TPSA) is 26.3 Å². The van der Waals surface area contributed by atoms with Crippen LogP contribution < -0.4 is 12.4 Å². The molecule has 3 nitrogen and oxygen atoms in total. The van der Waals surface area contributed by atoms with Gasteiger partial charge in [-0.25, -0.2) is 4.79 Å². The number of rotatable bonds is 1. The Bertz CT molecular complexity index is 194. The smallest absolute Gasteiger partial charge is 0.341 e. The standard InChI is InChI=1S/C5H14N.C4H4O2.ClH/c1-5-6(2,3)4;1-3-2-6-4(3)5;/h5H2,1-4H3;2H,1H3;1H/q+1;;/p-1. The number of hydrogen-bond donors (Lipinski definition) is 0. The molecule has 0 saturated heterocycles. The van der Waals surface area contributed by atoms with E-state index in [1.54, 1.807) is 6.92 Å². The molecular formula is C9H18ClNO2. The summed E-state index contributed by atoms with van der Waals surface area (Å²) in [6.07, 6.45) is 1.43. The Kier molecular flexibility index (Phi) is 6.90. The Balaban J connectivity index is 0. The van der Waals surface area contributed by atoms with Gasteiger partial charge >= 0.3 is 5.97 Å². The highest BCUT2D eigenvalue weighted by atomic mass is 35.5. The van der Waals surface area contributed by atoms with Crippen molar-refractivity contribution in [3.8, 4) is 0 Å². The maximum Gasteiger partial charge on any atom is 0.341 e. The normalized spacial score (nSPS) is 13.9. The van der Waals surface area contributed by atoms with Crippen molar-refractivity contribution in [2.24, 2.45) is 0 Å². The Labute approximate surface area is 86.4 Å². The summed E-state index contributed by atoms with van der Waals surface area (Å²) in [5.41, 5.74) is 0.704. The molecule has 0 amide bonds. The lowest BCUT2D eigenvalue weighted by atomic mass is 10.3. The Morgan fingerprint density at radius 3 is 1.69 bits per heavy atom. The lowest BCUT2D eigenvalue weighted by Crippen LogP contribution is -3.00. The minimum Gasteiger partial charge on any atom is -1.00 e. The summed E-state index contributed by atoms with van der Waals surface area (Å²) >= 11 is 0. The van der Waals surface area contributed by atoms with E-state index in [4.69, 9.17) is 0 Å². The van der Waals surface area contributed by atoms with E-state index in [0.717, 1.165) is 4.48 Å². The van der Waals surface area contributed by atoms with E-state index in [1.807, 2.05) is 0 Å². The summed E-state index contributed by atoms with van der Waals surface area (Å²) in [5, 5.41) is 0. The fourth-order valence-electron chi connectivity index (χ4n) is 0.225. The highest BCUT2D eigenvalue weighted by Crippen LogP contribution is 2.06. The molecule has 4 heteroatoms. The minimum atomic E-state index is -0.199. The quantitative estimate of drug-likeness (QED) is 0.373. The first-order chi connectivity index (χ1) is 5.37. The summed E-state index contributed by atoms with van der Waals surface area (Å²) in [7, 11) is 6.54. The van der Waals surface area contributed by atoms with Crippen LogP contribution in [0, 0.1) is 0 Å². The van der Waals surface area contributed by atoms with E-state index in [2.05, 4.69) is 32.8 Å². The number of carbonyl (C=O) groups is 1. The Morgan fingerprint density at radius 1 is 1.38 bits per heavy atom. The molecule has 1 rings (SSSR count). The molecule has 0 radical (unpaired) electrons. The highest BCUT2D eigenvalue weighted by molar-refractivity contribution is 5.92. The second kappa shape index (κ2) is 6.00. The average Bonchev–Trinajstić information content (AvgIpc) is 2.01. The molecule has 1 aliphatic heterocycles. The van der Waals surface area contributed by atoms with Crippen molar-refractivity contribution in [1.82, 2.24) is 0 Å². The van der Waals surface area contributed by atoms with Gasteiger partial charge < -0.3 is 21.6 Å². The summed E-state index contributed by atoms with van der Waals surface area (Å²) in [6.45, 7) is 5.10. The van der Waals surface area contributed by atoms with Crippen LogP contribution in [-0.2, 0) is 9.53 Å². The van der Waals surface area contributed by atoms with Crippen LogP contribution in [0.5, 0.6) is 0 Å². The van der Waals surface area contributed by atoms with Crippen LogP contribution in [0.15, 0.2) is 11.8 Å². The van der Waals surface area contributed by atoms with Gasteiger partial charge in [-0.3, -0.25) is 0 Å². The van der Waals surface area contributed by atoms with Gasteiger partial charge in [0.1, 0.15) is 6.26 Å². The third-order valence-electron chi connectivity index (χ3n) is 1.61. The summed E-state index contributed by atoms with van der Waals surface area (Å²) < 4.78 is 5.31. The fourth-order valence-corrected chi connectivity index (χ4v) is 0.225. The van der Waals surface area contributed by atoms with Crippen LogP contribution in [0.3, 0.4) is 0 Å². The van der Waals surface area contributed by atoms with Crippen molar-refractivity contribution >= 4 is 5.97 Å². The first-order valence-corrected chi connectivity index (χ1v) is 4.05. The molecule has 1 heterocycles. The van der Waals surface area contributed by atoms with Crippen LogP contribution >= 0.6 is 0 Å². The first kappa shape index (κ1) is 15.0. The molecule has 1 aliphatic rings. The molecule has 0 fully saturated rings. The lowest BCUT2D eigenvalue weighted by molar-refractivity contribution is -0.868. The van der Waals surface area contributed by atoms with Gasteiger partial charge in [-0.2, -0.15) is 0 Å². The monoisotopic (exact) mass is 207 g/mol. The molecular weight excluding hydrogens is 190 g/mol. The maximum atomic E-state index is 9.94. The van der Waals surface area contributed by atoms with Crippen molar-refractivity contribution in [1.29, 1.82) is 0 Å². The number of esters is 1. The number of cyclic esters (lactones) is 1. The molecule has 0 aromatic rings. The van der Waals surface area contributed by atoms with Crippen LogP contribution in [0.25, 0.3) is 0 Å². The van der Waals surface area contributed by atoms with Crippen LogP contribution in [0.4, 0.5) is 0 Å². The molecule has 13 heavy (non-hydrogen) atoms. The van der Waals surface area contributed by atoms with Crippen LogP contribution in [0.1, 0.15) is 13.8 Å². The van der Waals surface area contributed by atoms with Crippen molar-refractivity contribution in [3.63, 3.8) is 0 Å². The molecule has 0 N–H and O–H groups in total. The molecule has 0 unspecified atom stereocenters. The van der Waals surface area contributed by atoms with Gasteiger partial charge in [0.15, 0.2) is 0 Å². The summed E-state index contributed by atoms with van der Waals surface area (Å²) in [4.78, 5) is 9.94. The fraction of sp³-hybridized carbons (Fsp3) is 0.667. The molecule has 0 spiro atoms. The number of halogens is 1. The molecule has 0 aromatic carbocycles. The number of nitrogens with zero attached hydrogens (tertiary/aromatic N) is 1. The molecule has 0 aromatic heterocycles. The lowest BCUT2D eigenvalue weighted by Gasteiger charge is -2.20. The van der Waals surface area contributed by atoms with Gasteiger partial charge in [0.2, 0.25) is 0 Å². The minimum absolute atomic E-state index is 0. The van der Waals surface area contributed by atoms with Gasteiger partial charge in [-0.1, -0.05) is 0 Å². The number of carbonyl (C=O) groups excluding carboxylic acids is 1. The van der Waals surface area contributed by atoms with E-state index in [1.165, 1.54) is 12.8 Å². The van der Waals surface area contributed by atoms with Gasteiger partial charge in [0.25, 0.3) is 0 Å². The molecule has 0 bridgehead atoms. The van der Waals surface area contributed by atoms with Gasteiger partial charge in [0.05, 0.1) is 33.3 Å². The summed E-state index contributed by atoms with van der Waals surface area (Å²) in [6, 6.07) is 0. The molecule has 78 valence electrons. The van der Waals surface area contributed by atoms with E-state index in [-0.39, 0.29) is 18.4 Å². The van der Waals surface area contributed by atoms with Gasteiger partial charge in [-0.05, 0) is 13.8 Å². The average molecular weight is 208 g/mol. The van der Waals surface area contributed by atoms with E-state index in [0.29, 0.717) is 5.57 Å². The Morgan fingerprint density at radius 2 is 1.69 bits per heavy atom. The van der Waals surface area contributed by atoms with Crippen molar-refractivity contribution in [2.75, 3.05) is 27.7 Å².